The molecule has 1 aliphatic heterocycles. The first-order chi connectivity index (χ1) is 13.7. The number of ether oxygens (including phenoxy) is 2. The van der Waals surface area contributed by atoms with E-state index in [9.17, 15) is 4.79 Å². The first kappa shape index (κ1) is 17.9. The van der Waals surface area contributed by atoms with Crippen molar-refractivity contribution in [3.8, 4) is 17.2 Å². The predicted octanol–water partition coefficient (Wildman–Crippen LogP) is 3.66. The molecule has 6 nitrogen and oxygen atoms in total. The van der Waals surface area contributed by atoms with Crippen molar-refractivity contribution in [2.75, 3.05) is 13.3 Å². The summed E-state index contributed by atoms with van der Waals surface area (Å²) in [6.07, 6.45) is 7.01. The van der Waals surface area contributed by atoms with Gasteiger partial charge in [0.05, 0.1) is 11.9 Å². The van der Waals surface area contributed by atoms with Gasteiger partial charge in [0.2, 0.25) is 12.7 Å². The van der Waals surface area contributed by atoms with Crippen LogP contribution < -0.4 is 9.47 Å². The Balaban J connectivity index is 1.42. The summed E-state index contributed by atoms with van der Waals surface area (Å²) in [6, 6.07) is 15.6. The number of carbonyl (C=O) groups is 1. The van der Waals surface area contributed by atoms with E-state index in [1.54, 1.807) is 27.9 Å². The highest BCUT2D eigenvalue weighted by atomic mass is 16.7. The second kappa shape index (κ2) is 8.00. The molecule has 3 aromatic rings. The van der Waals surface area contributed by atoms with E-state index in [0.29, 0.717) is 13.1 Å². The van der Waals surface area contributed by atoms with Gasteiger partial charge in [0.25, 0.3) is 0 Å². The van der Waals surface area contributed by atoms with E-state index in [2.05, 4.69) is 5.10 Å². The predicted molar refractivity (Wildman–Crippen MR) is 106 cm³/mol. The molecule has 0 bridgehead atoms. The molecule has 4 rings (SSSR count). The highest BCUT2D eigenvalue weighted by molar-refractivity contribution is 5.91. The van der Waals surface area contributed by atoms with Gasteiger partial charge in [-0.3, -0.25) is 4.79 Å². The third-order valence-corrected chi connectivity index (χ3v) is 4.55. The Hall–Kier alpha value is -3.54. The number of para-hydroxylation sites is 1. The summed E-state index contributed by atoms with van der Waals surface area (Å²) in [7, 11) is 0. The molecular formula is C22H21N3O3. The first-order valence-electron chi connectivity index (χ1n) is 9.18. The first-order valence-corrected chi connectivity index (χ1v) is 9.18. The lowest BCUT2D eigenvalue weighted by molar-refractivity contribution is -0.126. The topological polar surface area (TPSA) is 56.6 Å². The Bertz CT molecular complexity index is 995. The normalized spacial score (nSPS) is 12.5. The molecule has 6 heteroatoms. The van der Waals surface area contributed by atoms with Crippen LogP contribution in [0.3, 0.4) is 0 Å². The zero-order chi connectivity index (χ0) is 19.3. The van der Waals surface area contributed by atoms with Crippen molar-refractivity contribution >= 4 is 12.0 Å². The Morgan fingerprint density at radius 1 is 1.18 bits per heavy atom. The van der Waals surface area contributed by atoms with Gasteiger partial charge in [0.1, 0.15) is 0 Å². The summed E-state index contributed by atoms with van der Waals surface area (Å²) in [5.41, 5.74) is 2.85. The Kier molecular flexibility index (Phi) is 5.10. The lowest BCUT2D eigenvalue weighted by Gasteiger charge is -2.19. The zero-order valence-electron chi connectivity index (χ0n) is 15.6. The highest BCUT2D eigenvalue weighted by Gasteiger charge is 2.15. The van der Waals surface area contributed by atoms with Crippen LogP contribution in [0.2, 0.25) is 0 Å². The second-order valence-corrected chi connectivity index (χ2v) is 6.43. The molecule has 0 spiro atoms. The number of hydrogen-bond acceptors (Lipinski definition) is 4. The minimum absolute atomic E-state index is 0.0485. The van der Waals surface area contributed by atoms with E-state index in [-0.39, 0.29) is 12.7 Å². The van der Waals surface area contributed by atoms with Crippen LogP contribution in [0.15, 0.2) is 67.0 Å². The number of hydrogen-bond donors (Lipinski definition) is 0. The molecular weight excluding hydrogens is 354 g/mol. The van der Waals surface area contributed by atoms with Crippen LogP contribution in [-0.4, -0.2) is 33.9 Å². The quantitative estimate of drug-likeness (QED) is 0.617. The van der Waals surface area contributed by atoms with Crippen molar-refractivity contribution in [2.45, 2.75) is 13.5 Å². The Morgan fingerprint density at radius 2 is 2.00 bits per heavy atom. The van der Waals surface area contributed by atoms with Crippen molar-refractivity contribution < 1.29 is 14.3 Å². The van der Waals surface area contributed by atoms with Crippen LogP contribution in [0.4, 0.5) is 0 Å². The lowest BCUT2D eigenvalue weighted by Crippen LogP contribution is -2.28. The maximum atomic E-state index is 12.6. The van der Waals surface area contributed by atoms with E-state index >= 15 is 0 Å². The van der Waals surface area contributed by atoms with Crippen molar-refractivity contribution in [1.29, 1.82) is 0 Å². The highest BCUT2D eigenvalue weighted by Crippen LogP contribution is 2.32. The number of carbonyl (C=O) groups excluding carboxylic acids is 1. The minimum Gasteiger partial charge on any atom is -0.454 e. The third-order valence-electron chi connectivity index (χ3n) is 4.55. The number of nitrogens with zero attached hydrogens (tertiary/aromatic N) is 3. The van der Waals surface area contributed by atoms with E-state index in [1.165, 1.54) is 0 Å². The summed E-state index contributed by atoms with van der Waals surface area (Å²) in [6.45, 7) is 3.33. The van der Waals surface area contributed by atoms with E-state index < -0.39 is 0 Å². The van der Waals surface area contributed by atoms with Gasteiger partial charge in [-0.2, -0.15) is 5.10 Å². The maximum Gasteiger partial charge on any atom is 0.246 e. The summed E-state index contributed by atoms with van der Waals surface area (Å²) < 4.78 is 12.5. The fraction of sp³-hybridized carbons (Fsp3) is 0.182. The van der Waals surface area contributed by atoms with Crippen LogP contribution in [0.1, 0.15) is 18.1 Å². The Labute approximate surface area is 163 Å². The molecule has 0 aliphatic carbocycles. The lowest BCUT2D eigenvalue weighted by atomic mass is 10.2. The summed E-state index contributed by atoms with van der Waals surface area (Å²) in [4.78, 5) is 14.4. The number of rotatable bonds is 6. The van der Waals surface area contributed by atoms with Gasteiger partial charge < -0.3 is 14.4 Å². The standard InChI is InChI=1S/C22H21N3O3/c1-2-24(14-17-8-10-20-21(12-17)28-16-27-20)22(26)11-9-18-13-23-25(15-18)19-6-4-3-5-7-19/h3-13,15H,2,14,16H2,1H3/b11-9+. The van der Waals surface area contributed by atoms with Crippen LogP contribution >= 0.6 is 0 Å². The molecule has 142 valence electrons. The smallest absolute Gasteiger partial charge is 0.246 e. The zero-order valence-corrected chi connectivity index (χ0v) is 15.6. The maximum absolute atomic E-state index is 12.6. The van der Waals surface area contributed by atoms with Gasteiger partial charge in [0, 0.05) is 30.9 Å². The summed E-state index contributed by atoms with van der Waals surface area (Å²) in [5.74, 6) is 1.42. The fourth-order valence-electron chi connectivity index (χ4n) is 3.02. The summed E-state index contributed by atoms with van der Waals surface area (Å²) in [5, 5.41) is 4.35. The van der Waals surface area contributed by atoms with Gasteiger partial charge >= 0.3 is 0 Å². The molecule has 1 aromatic heterocycles. The molecule has 0 fully saturated rings. The largest absolute Gasteiger partial charge is 0.454 e. The molecule has 2 aromatic carbocycles. The summed E-state index contributed by atoms with van der Waals surface area (Å²) >= 11 is 0. The molecule has 2 heterocycles. The van der Waals surface area contributed by atoms with E-state index in [1.807, 2.05) is 61.7 Å². The average Bonchev–Trinajstić information content (AvgIpc) is 3.40. The monoisotopic (exact) mass is 375 g/mol. The SMILES string of the molecule is CCN(Cc1ccc2c(c1)OCO2)C(=O)/C=C/c1cnn(-c2ccccc2)c1. The molecule has 0 saturated heterocycles. The second-order valence-electron chi connectivity index (χ2n) is 6.43. The molecule has 0 atom stereocenters. The van der Waals surface area contributed by atoms with Gasteiger partial charge in [0.15, 0.2) is 11.5 Å². The van der Waals surface area contributed by atoms with Crippen LogP contribution in [0.5, 0.6) is 11.5 Å². The van der Waals surface area contributed by atoms with Gasteiger partial charge in [-0.15, -0.1) is 0 Å². The van der Waals surface area contributed by atoms with Crippen LogP contribution in [-0.2, 0) is 11.3 Å². The van der Waals surface area contributed by atoms with E-state index in [0.717, 1.165) is 28.3 Å². The number of benzene rings is 2. The molecule has 0 N–H and O–H groups in total. The van der Waals surface area contributed by atoms with Crippen molar-refractivity contribution in [1.82, 2.24) is 14.7 Å². The van der Waals surface area contributed by atoms with Gasteiger partial charge in [-0.1, -0.05) is 24.3 Å². The van der Waals surface area contributed by atoms with Crippen LogP contribution in [0.25, 0.3) is 11.8 Å². The van der Waals surface area contributed by atoms with Gasteiger partial charge in [-0.05, 0) is 42.8 Å². The molecule has 1 amide bonds. The van der Waals surface area contributed by atoms with Crippen molar-refractivity contribution in [3.63, 3.8) is 0 Å². The van der Waals surface area contributed by atoms with Crippen LogP contribution in [0, 0.1) is 0 Å². The Morgan fingerprint density at radius 3 is 2.82 bits per heavy atom. The molecule has 1 aliphatic rings. The van der Waals surface area contributed by atoms with Gasteiger partial charge in [-0.25, -0.2) is 4.68 Å². The third kappa shape index (κ3) is 3.91. The molecule has 0 saturated carbocycles. The van der Waals surface area contributed by atoms with E-state index in [4.69, 9.17) is 9.47 Å². The molecule has 28 heavy (non-hydrogen) atoms. The average molecular weight is 375 g/mol. The number of amides is 1. The minimum atomic E-state index is -0.0485. The number of likely N-dealkylation sites (N-methyl/N-ethyl adjacent to an activating group) is 1. The number of aromatic nitrogens is 2. The van der Waals surface area contributed by atoms with Crippen molar-refractivity contribution in [3.05, 3.63) is 78.1 Å². The molecule has 0 radical (unpaired) electrons. The number of fused-ring (bicyclic) bond motifs is 1. The fourth-order valence-corrected chi connectivity index (χ4v) is 3.02. The molecule has 0 unspecified atom stereocenters. The van der Waals surface area contributed by atoms with Crippen molar-refractivity contribution in [2.24, 2.45) is 0 Å².